The second kappa shape index (κ2) is 24.3. The van der Waals surface area contributed by atoms with Crippen molar-refractivity contribution in [2.75, 3.05) is 5.32 Å². The first kappa shape index (κ1) is 42.1. The minimum absolute atomic E-state index is 0.236. The van der Waals surface area contributed by atoms with E-state index in [1.54, 1.807) is 6.07 Å². The van der Waals surface area contributed by atoms with Gasteiger partial charge in [-0.3, -0.25) is 0 Å². The van der Waals surface area contributed by atoms with Crippen molar-refractivity contribution in [2.24, 2.45) is 11.8 Å². The van der Waals surface area contributed by atoms with Gasteiger partial charge in [-0.25, -0.2) is 0 Å². The number of halogens is 3. The Hall–Kier alpha value is -3.00. The number of hydrogen-bond donors (Lipinski definition) is 1. The van der Waals surface area contributed by atoms with Gasteiger partial charge in [-0.15, -0.1) is 12.8 Å². The molecule has 0 amide bonds. The lowest BCUT2D eigenvalue weighted by Gasteiger charge is -2.14. The van der Waals surface area contributed by atoms with Gasteiger partial charge in [0.1, 0.15) is 6.79 Å². The SMILES string of the molecule is C#C.C=C(C)C(C)C(C)C.C=O.CC.CCC.Cc1ccc(CNc2ccc(C)c(C(F)(F)F)c2)c(C)c1. The maximum Gasteiger partial charge on any atom is 0.416 e. The number of terminal acetylenes is 1. The van der Waals surface area contributed by atoms with Crippen LogP contribution in [0, 0.1) is 45.5 Å². The fourth-order valence-electron chi connectivity index (χ4n) is 2.85. The maximum atomic E-state index is 12.9. The molecule has 0 aliphatic rings. The Balaban J connectivity index is -0.000000284. The van der Waals surface area contributed by atoms with E-state index in [2.05, 4.69) is 72.4 Å². The van der Waals surface area contributed by atoms with E-state index in [4.69, 9.17) is 4.79 Å². The molecule has 0 aromatic heterocycles. The summed E-state index contributed by atoms with van der Waals surface area (Å²) in [6.07, 6.45) is 4.93. The number of rotatable bonds is 5. The van der Waals surface area contributed by atoms with Crippen molar-refractivity contribution in [2.45, 2.75) is 95.3 Å². The molecule has 5 heteroatoms. The summed E-state index contributed by atoms with van der Waals surface area (Å²) in [6.45, 7) is 28.9. The number of allylic oxidation sites excluding steroid dienone is 1. The minimum atomic E-state index is -4.32. The summed E-state index contributed by atoms with van der Waals surface area (Å²) in [6, 6.07) is 10.4. The monoisotopic (exact) mass is 535 g/mol. The Bertz CT molecular complexity index is 899. The predicted molar refractivity (Wildman–Crippen MR) is 163 cm³/mol. The standard InChI is InChI=1S/C17H18F3N.C8H16.C3H8.C2H6.C2H2.CH2O/c1-11-4-6-14(13(3)8-11)10-21-15-7-5-12(2)16(9-15)17(18,19)20;1-6(2)8(5)7(3)4;1-3-2;3*1-2/h4-9,21H,10H2,1-3H3;7-8H,1H2,2-5H3;3H2,1-2H3;1-2H3;1-2H;1H2. The van der Waals surface area contributed by atoms with E-state index in [1.165, 1.54) is 36.6 Å². The van der Waals surface area contributed by atoms with Crippen LogP contribution in [0.2, 0.25) is 0 Å². The third-order valence-electron chi connectivity index (χ3n) is 5.30. The first-order chi connectivity index (χ1) is 17.7. The van der Waals surface area contributed by atoms with Crippen molar-refractivity contribution in [1.82, 2.24) is 0 Å². The Morgan fingerprint density at radius 1 is 0.921 bits per heavy atom. The molecule has 1 atom stereocenters. The van der Waals surface area contributed by atoms with Crippen molar-refractivity contribution < 1.29 is 18.0 Å². The summed E-state index contributed by atoms with van der Waals surface area (Å²) in [5.41, 5.74) is 4.80. The average Bonchev–Trinajstić information content (AvgIpc) is 2.87. The van der Waals surface area contributed by atoms with Crippen molar-refractivity contribution in [3.8, 4) is 12.8 Å². The van der Waals surface area contributed by atoms with Gasteiger partial charge in [-0.05, 0) is 68.4 Å². The highest BCUT2D eigenvalue weighted by atomic mass is 19.4. The fraction of sp³-hybridized carbons (Fsp3) is 0.485. The highest BCUT2D eigenvalue weighted by molar-refractivity contribution is 5.50. The highest BCUT2D eigenvalue weighted by Gasteiger charge is 2.32. The third-order valence-corrected chi connectivity index (χ3v) is 5.30. The molecule has 216 valence electrons. The van der Waals surface area contributed by atoms with E-state index < -0.39 is 11.7 Å². The van der Waals surface area contributed by atoms with Crippen molar-refractivity contribution in [3.63, 3.8) is 0 Å². The molecule has 0 saturated heterocycles. The molecule has 0 radical (unpaired) electrons. The molecule has 0 bridgehead atoms. The molecule has 0 aliphatic heterocycles. The molecule has 0 heterocycles. The van der Waals surface area contributed by atoms with Crippen LogP contribution in [-0.4, -0.2) is 6.79 Å². The van der Waals surface area contributed by atoms with E-state index in [0.717, 1.165) is 17.0 Å². The Kier molecular flexibility index (Phi) is 27.0. The topological polar surface area (TPSA) is 29.1 Å². The number of aryl methyl sites for hydroxylation is 3. The zero-order chi connectivity index (χ0) is 31.1. The van der Waals surface area contributed by atoms with E-state index in [0.29, 0.717) is 18.2 Å². The Labute approximate surface area is 232 Å². The molecule has 0 fully saturated rings. The summed E-state index contributed by atoms with van der Waals surface area (Å²) in [5, 5.41) is 3.06. The Morgan fingerprint density at radius 2 is 1.39 bits per heavy atom. The van der Waals surface area contributed by atoms with E-state index in [9.17, 15) is 13.2 Å². The fourth-order valence-corrected chi connectivity index (χ4v) is 2.85. The predicted octanol–water partition coefficient (Wildman–Crippen LogP) is 10.6. The molecule has 0 spiro atoms. The van der Waals surface area contributed by atoms with Crippen molar-refractivity contribution in [3.05, 3.63) is 76.4 Å². The summed E-state index contributed by atoms with van der Waals surface area (Å²) in [5.74, 6) is 1.42. The summed E-state index contributed by atoms with van der Waals surface area (Å²) < 4.78 is 38.6. The van der Waals surface area contributed by atoms with Crippen LogP contribution >= 0.6 is 0 Å². The van der Waals surface area contributed by atoms with Gasteiger partial charge in [0, 0.05) is 12.2 Å². The van der Waals surface area contributed by atoms with Gasteiger partial charge in [0.15, 0.2) is 0 Å². The van der Waals surface area contributed by atoms with Gasteiger partial charge in [0.2, 0.25) is 0 Å². The number of carbonyl (C=O) groups is 1. The van der Waals surface area contributed by atoms with Gasteiger partial charge in [-0.2, -0.15) is 13.2 Å². The van der Waals surface area contributed by atoms with Crippen LogP contribution in [0.15, 0.2) is 48.6 Å². The number of carbonyl (C=O) groups excluding carboxylic acids is 1. The zero-order valence-electron chi connectivity index (χ0n) is 25.6. The van der Waals surface area contributed by atoms with Crippen LogP contribution in [-0.2, 0) is 17.5 Å². The van der Waals surface area contributed by atoms with Crippen LogP contribution in [0.1, 0.15) is 89.6 Å². The second-order valence-electron chi connectivity index (χ2n) is 8.90. The van der Waals surface area contributed by atoms with Crippen LogP contribution in [0.4, 0.5) is 18.9 Å². The molecule has 0 saturated carbocycles. The Morgan fingerprint density at radius 3 is 1.74 bits per heavy atom. The van der Waals surface area contributed by atoms with Crippen LogP contribution in [0.5, 0.6) is 0 Å². The smallest absolute Gasteiger partial charge is 0.381 e. The van der Waals surface area contributed by atoms with Gasteiger partial charge in [-0.1, -0.05) is 96.9 Å². The minimum Gasteiger partial charge on any atom is -0.381 e. The number of benzene rings is 2. The second-order valence-corrected chi connectivity index (χ2v) is 8.90. The molecule has 2 aromatic rings. The molecule has 38 heavy (non-hydrogen) atoms. The van der Waals surface area contributed by atoms with E-state index >= 15 is 0 Å². The molecular weight excluding hydrogens is 483 g/mol. The number of anilines is 1. The van der Waals surface area contributed by atoms with E-state index in [-0.39, 0.29) is 5.56 Å². The third kappa shape index (κ3) is 19.2. The molecule has 2 rings (SSSR count). The first-order valence-corrected chi connectivity index (χ1v) is 13.0. The zero-order valence-corrected chi connectivity index (χ0v) is 25.6. The van der Waals surface area contributed by atoms with Crippen LogP contribution in [0.3, 0.4) is 0 Å². The lowest BCUT2D eigenvalue weighted by Crippen LogP contribution is -2.09. The maximum absolute atomic E-state index is 12.9. The molecule has 2 nitrogen and oxygen atoms in total. The number of hydrogen-bond acceptors (Lipinski definition) is 2. The van der Waals surface area contributed by atoms with Gasteiger partial charge >= 0.3 is 6.18 Å². The highest BCUT2D eigenvalue weighted by Crippen LogP contribution is 2.33. The number of nitrogens with one attached hydrogen (secondary N) is 1. The van der Waals surface area contributed by atoms with Gasteiger partial charge in [0.25, 0.3) is 0 Å². The molecule has 0 aliphatic carbocycles. The van der Waals surface area contributed by atoms with Crippen molar-refractivity contribution >= 4 is 12.5 Å². The molecule has 1 N–H and O–H groups in total. The average molecular weight is 536 g/mol. The van der Waals surface area contributed by atoms with Crippen molar-refractivity contribution in [1.29, 1.82) is 0 Å². The first-order valence-electron chi connectivity index (χ1n) is 13.0. The van der Waals surface area contributed by atoms with E-state index in [1.807, 2.05) is 46.6 Å². The summed E-state index contributed by atoms with van der Waals surface area (Å²) >= 11 is 0. The molecule has 1 unspecified atom stereocenters. The normalized spacial score (nSPS) is 10.1. The quantitative estimate of drug-likeness (QED) is 0.305. The summed E-state index contributed by atoms with van der Waals surface area (Å²) in [4.78, 5) is 8.00. The lowest BCUT2D eigenvalue weighted by molar-refractivity contribution is -0.138. The number of alkyl halides is 3. The largest absolute Gasteiger partial charge is 0.416 e. The lowest BCUT2D eigenvalue weighted by atomic mass is 9.92. The van der Waals surface area contributed by atoms with Crippen LogP contribution < -0.4 is 5.32 Å². The molecule has 2 aromatic carbocycles. The van der Waals surface area contributed by atoms with Gasteiger partial charge < -0.3 is 10.1 Å². The molecular formula is C33H52F3NO. The summed E-state index contributed by atoms with van der Waals surface area (Å²) in [7, 11) is 0. The van der Waals surface area contributed by atoms with Gasteiger partial charge in [0.05, 0.1) is 5.56 Å². The van der Waals surface area contributed by atoms with Crippen LogP contribution in [0.25, 0.3) is 0 Å².